The predicted octanol–water partition coefficient (Wildman–Crippen LogP) is 3.53. The summed E-state index contributed by atoms with van der Waals surface area (Å²) in [7, 11) is 1.32. The minimum Gasteiger partial charge on any atom is -0.490 e. The molecule has 0 aliphatic heterocycles. The molecule has 0 atom stereocenters. The number of esters is 1. The van der Waals surface area contributed by atoms with Gasteiger partial charge in [-0.15, -0.1) is 0 Å². The highest BCUT2D eigenvalue weighted by atomic mass is 16.5. The summed E-state index contributed by atoms with van der Waals surface area (Å²) in [5, 5.41) is 11.9. The molecule has 2 rings (SSSR count). The van der Waals surface area contributed by atoms with Crippen LogP contribution in [0.4, 0.5) is 0 Å². The first-order valence-electron chi connectivity index (χ1n) is 8.09. The molecule has 0 saturated heterocycles. The molecule has 1 N–H and O–H groups in total. The van der Waals surface area contributed by atoms with Crippen molar-refractivity contribution in [2.45, 2.75) is 6.92 Å². The molecule has 0 radical (unpaired) electrons. The zero-order chi connectivity index (χ0) is 18.8. The fourth-order valence-electron chi connectivity index (χ4n) is 2.31. The number of benzene rings is 2. The lowest BCUT2D eigenvalue weighted by Crippen LogP contribution is -2.14. The van der Waals surface area contributed by atoms with Crippen LogP contribution in [0.15, 0.2) is 59.3 Å². The summed E-state index contributed by atoms with van der Waals surface area (Å²) in [6.45, 7) is 2.27. The van der Waals surface area contributed by atoms with Gasteiger partial charge in [-0.2, -0.15) is 0 Å². The van der Waals surface area contributed by atoms with E-state index in [0.29, 0.717) is 29.2 Å². The molecule has 0 bridgehead atoms. The summed E-state index contributed by atoms with van der Waals surface area (Å²) in [5.41, 5.74) is 1.73. The molecule has 0 aliphatic carbocycles. The van der Waals surface area contributed by atoms with Crippen molar-refractivity contribution in [3.63, 3.8) is 0 Å². The molecular weight excluding hydrogens is 334 g/mol. The van der Waals surface area contributed by atoms with Crippen LogP contribution in [-0.2, 0) is 9.53 Å². The molecule has 0 amide bonds. The molecular formula is C20H21NO5. The van der Waals surface area contributed by atoms with Gasteiger partial charge < -0.3 is 19.4 Å². The number of rotatable bonds is 8. The Morgan fingerprint density at radius 1 is 1.12 bits per heavy atom. The second-order valence-electron chi connectivity index (χ2n) is 5.21. The van der Waals surface area contributed by atoms with Gasteiger partial charge in [-0.1, -0.05) is 41.6 Å². The summed E-state index contributed by atoms with van der Waals surface area (Å²) >= 11 is 0. The standard InChI is InChI=1S/C20H21NO5/c1-3-25-18-11-7-10-16(13-21-23)19(18)26-14-17(20(22)24-2)12-15-8-5-4-6-9-15/h4-13,23H,3,14H2,1-2H3/b17-12+,21-13+. The number of para-hydroxylation sites is 1. The van der Waals surface area contributed by atoms with E-state index in [2.05, 4.69) is 5.16 Å². The highest BCUT2D eigenvalue weighted by Crippen LogP contribution is 2.31. The SMILES string of the molecule is CCOc1cccc(/C=N/O)c1OC/C(=C\c1ccccc1)C(=O)OC. The van der Waals surface area contributed by atoms with Crippen molar-refractivity contribution in [2.75, 3.05) is 20.3 Å². The first-order valence-corrected chi connectivity index (χ1v) is 8.09. The van der Waals surface area contributed by atoms with Crippen molar-refractivity contribution in [1.29, 1.82) is 0 Å². The fourth-order valence-corrected chi connectivity index (χ4v) is 2.31. The molecule has 0 aromatic heterocycles. The number of hydrogen-bond acceptors (Lipinski definition) is 6. The van der Waals surface area contributed by atoms with Gasteiger partial charge in [0.2, 0.25) is 0 Å². The number of carbonyl (C=O) groups excluding carboxylic acids is 1. The van der Waals surface area contributed by atoms with Gasteiger partial charge in [0.05, 0.1) is 25.5 Å². The number of oxime groups is 1. The first-order chi connectivity index (χ1) is 12.7. The highest BCUT2D eigenvalue weighted by Gasteiger charge is 2.15. The molecule has 0 spiro atoms. The summed E-state index contributed by atoms with van der Waals surface area (Å²) < 4.78 is 16.2. The Labute approximate surface area is 152 Å². The predicted molar refractivity (Wildman–Crippen MR) is 98.9 cm³/mol. The summed E-state index contributed by atoms with van der Waals surface area (Å²) in [5.74, 6) is 0.393. The number of hydrogen-bond donors (Lipinski definition) is 1. The van der Waals surface area contributed by atoms with Gasteiger partial charge in [0, 0.05) is 5.56 Å². The van der Waals surface area contributed by atoms with Gasteiger partial charge in [-0.3, -0.25) is 0 Å². The lowest BCUT2D eigenvalue weighted by atomic mass is 10.1. The van der Waals surface area contributed by atoms with Crippen LogP contribution in [0.2, 0.25) is 0 Å². The van der Waals surface area contributed by atoms with Gasteiger partial charge in [0.25, 0.3) is 0 Å². The minimum absolute atomic E-state index is 0.0298. The molecule has 0 aliphatic rings. The third-order valence-corrected chi connectivity index (χ3v) is 3.47. The molecule has 6 nitrogen and oxygen atoms in total. The molecule has 0 fully saturated rings. The van der Waals surface area contributed by atoms with Crippen LogP contribution in [0.5, 0.6) is 11.5 Å². The average molecular weight is 355 g/mol. The Bertz CT molecular complexity index is 784. The largest absolute Gasteiger partial charge is 0.490 e. The lowest BCUT2D eigenvalue weighted by Gasteiger charge is -2.15. The van der Waals surface area contributed by atoms with Crippen LogP contribution in [-0.4, -0.2) is 37.7 Å². The van der Waals surface area contributed by atoms with Crippen LogP contribution in [0.1, 0.15) is 18.1 Å². The quantitative estimate of drug-likeness (QED) is 0.258. The van der Waals surface area contributed by atoms with Gasteiger partial charge >= 0.3 is 5.97 Å². The smallest absolute Gasteiger partial charge is 0.337 e. The maximum Gasteiger partial charge on any atom is 0.337 e. The van der Waals surface area contributed by atoms with Crippen LogP contribution in [0, 0.1) is 0 Å². The first kappa shape index (κ1) is 19.1. The van der Waals surface area contributed by atoms with Crippen molar-refractivity contribution >= 4 is 18.3 Å². The Kier molecular flexibility index (Phi) is 7.24. The van der Waals surface area contributed by atoms with E-state index >= 15 is 0 Å². The molecule has 26 heavy (non-hydrogen) atoms. The van der Waals surface area contributed by atoms with Crippen LogP contribution < -0.4 is 9.47 Å². The lowest BCUT2D eigenvalue weighted by molar-refractivity contribution is -0.136. The van der Waals surface area contributed by atoms with E-state index in [1.165, 1.54) is 13.3 Å². The summed E-state index contributed by atoms with van der Waals surface area (Å²) in [6.07, 6.45) is 2.95. The van der Waals surface area contributed by atoms with E-state index in [0.717, 1.165) is 5.56 Å². The van der Waals surface area contributed by atoms with E-state index < -0.39 is 5.97 Å². The van der Waals surface area contributed by atoms with Crippen LogP contribution in [0.25, 0.3) is 6.08 Å². The van der Waals surface area contributed by atoms with Crippen LogP contribution >= 0.6 is 0 Å². The molecule has 2 aromatic carbocycles. The van der Waals surface area contributed by atoms with Gasteiger partial charge in [-0.25, -0.2) is 4.79 Å². The highest BCUT2D eigenvalue weighted by molar-refractivity contribution is 5.94. The van der Waals surface area contributed by atoms with E-state index in [9.17, 15) is 4.79 Å². The topological polar surface area (TPSA) is 77.4 Å². The Morgan fingerprint density at radius 2 is 1.88 bits per heavy atom. The number of ether oxygens (including phenoxy) is 3. The van der Waals surface area contributed by atoms with Gasteiger partial charge in [0.15, 0.2) is 11.5 Å². The second kappa shape index (κ2) is 9.88. The number of nitrogens with zero attached hydrogens (tertiary/aromatic N) is 1. The van der Waals surface area contributed by atoms with Gasteiger partial charge in [0.1, 0.15) is 6.61 Å². The number of methoxy groups -OCH3 is 1. The summed E-state index contributed by atoms with van der Waals surface area (Å²) in [4.78, 5) is 12.1. The molecule has 0 unspecified atom stereocenters. The molecule has 6 heteroatoms. The number of carbonyl (C=O) groups is 1. The molecule has 2 aromatic rings. The van der Waals surface area contributed by atoms with Crippen molar-refractivity contribution in [1.82, 2.24) is 0 Å². The van der Waals surface area contributed by atoms with Crippen molar-refractivity contribution in [2.24, 2.45) is 5.16 Å². The summed E-state index contributed by atoms with van der Waals surface area (Å²) in [6, 6.07) is 14.6. The fraction of sp³-hybridized carbons (Fsp3) is 0.200. The van der Waals surface area contributed by atoms with Crippen LogP contribution in [0.3, 0.4) is 0 Å². The Balaban J connectivity index is 2.31. The van der Waals surface area contributed by atoms with E-state index in [-0.39, 0.29) is 6.61 Å². The van der Waals surface area contributed by atoms with Crippen molar-refractivity contribution in [3.05, 3.63) is 65.2 Å². The van der Waals surface area contributed by atoms with Gasteiger partial charge in [-0.05, 0) is 30.7 Å². The maximum absolute atomic E-state index is 12.1. The Morgan fingerprint density at radius 3 is 2.54 bits per heavy atom. The monoisotopic (exact) mass is 355 g/mol. The minimum atomic E-state index is -0.486. The molecule has 136 valence electrons. The Hall–Kier alpha value is -3.28. The third kappa shape index (κ3) is 5.11. The van der Waals surface area contributed by atoms with E-state index in [1.54, 1.807) is 24.3 Å². The zero-order valence-electron chi connectivity index (χ0n) is 14.7. The zero-order valence-corrected chi connectivity index (χ0v) is 14.7. The maximum atomic E-state index is 12.1. The average Bonchev–Trinajstić information content (AvgIpc) is 2.67. The molecule has 0 heterocycles. The second-order valence-corrected chi connectivity index (χ2v) is 5.21. The normalized spacial score (nSPS) is 11.4. The van der Waals surface area contributed by atoms with E-state index in [4.69, 9.17) is 19.4 Å². The third-order valence-electron chi connectivity index (χ3n) is 3.47. The molecule has 0 saturated carbocycles. The van der Waals surface area contributed by atoms with Crippen molar-refractivity contribution < 1.29 is 24.2 Å². The van der Waals surface area contributed by atoms with E-state index in [1.807, 2.05) is 37.3 Å². The van der Waals surface area contributed by atoms with Crippen molar-refractivity contribution in [3.8, 4) is 11.5 Å².